The first-order valence-electron chi connectivity index (χ1n) is 10.9. The predicted octanol–water partition coefficient (Wildman–Crippen LogP) is 5.68. The number of hydrogen-bond acceptors (Lipinski definition) is 5. The van der Waals surface area contributed by atoms with Crippen molar-refractivity contribution in [3.63, 3.8) is 0 Å². The van der Waals surface area contributed by atoms with E-state index in [1.807, 2.05) is 53.9 Å². The van der Waals surface area contributed by atoms with Crippen LogP contribution in [0.3, 0.4) is 0 Å². The molecule has 0 radical (unpaired) electrons. The fourth-order valence-corrected chi connectivity index (χ4v) is 4.44. The van der Waals surface area contributed by atoms with Crippen LogP contribution < -0.4 is 15.0 Å². The molecule has 3 aromatic carbocycles. The van der Waals surface area contributed by atoms with Gasteiger partial charge in [0.15, 0.2) is 5.13 Å². The van der Waals surface area contributed by atoms with Crippen molar-refractivity contribution in [2.24, 2.45) is 0 Å². The minimum atomic E-state index is -0.182. The summed E-state index contributed by atoms with van der Waals surface area (Å²) >= 11 is 1.39. The summed E-state index contributed by atoms with van der Waals surface area (Å²) in [5.74, 6) is 0.213. The number of nitrogens with zero attached hydrogens (tertiary/aromatic N) is 2. The molecule has 0 unspecified atom stereocenters. The predicted molar refractivity (Wildman–Crippen MR) is 136 cm³/mol. The summed E-state index contributed by atoms with van der Waals surface area (Å²) < 4.78 is 5.50. The monoisotopic (exact) mass is 471 g/mol. The van der Waals surface area contributed by atoms with Gasteiger partial charge in [-0.3, -0.25) is 14.5 Å². The summed E-state index contributed by atoms with van der Waals surface area (Å²) in [5, 5.41) is 5.16. The van der Waals surface area contributed by atoms with Crippen molar-refractivity contribution in [1.82, 2.24) is 10.3 Å². The third kappa shape index (κ3) is 5.32. The number of methoxy groups -OCH3 is 1. The Morgan fingerprint density at radius 1 is 0.912 bits per heavy atom. The minimum absolute atomic E-state index is 0.137. The zero-order valence-corrected chi connectivity index (χ0v) is 19.8. The largest absolute Gasteiger partial charge is 0.495 e. The van der Waals surface area contributed by atoms with Crippen LogP contribution in [0, 0.1) is 0 Å². The molecule has 2 amide bonds. The average Bonchev–Trinajstić information content (AvgIpc) is 3.34. The van der Waals surface area contributed by atoms with Crippen molar-refractivity contribution in [1.29, 1.82) is 0 Å². The van der Waals surface area contributed by atoms with Crippen LogP contribution in [0.5, 0.6) is 5.75 Å². The lowest BCUT2D eigenvalue weighted by Crippen LogP contribution is -2.31. The van der Waals surface area contributed by atoms with E-state index in [9.17, 15) is 9.59 Å². The third-order valence-corrected chi connectivity index (χ3v) is 6.09. The molecule has 0 saturated heterocycles. The van der Waals surface area contributed by atoms with E-state index in [2.05, 4.69) is 29.6 Å². The molecule has 1 heterocycles. The highest BCUT2D eigenvalue weighted by atomic mass is 32.1. The van der Waals surface area contributed by atoms with Gasteiger partial charge in [0.25, 0.3) is 0 Å². The number of thiazole rings is 1. The number of carbonyl (C=O) groups is 2. The number of anilines is 2. The van der Waals surface area contributed by atoms with Gasteiger partial charge in [-0.2, -0.15) is 0 Å². The van der Waals surface area contributed by atoms with E-state index in [1.165, 1.54) is 18.3 Å². The van der Waals surface area contributed by atoms with Crippen molar-refractivity contribution in [2.75, 3.05) is 18.6 Å². The number of carbonyl (C=O) groups excluding carboxylic acids is 2. The molecule has 1 N–H and O–H groups in total. The molecule has 0 aliphatic carbocycles. The van der Waals surface area contributed by atoms with Gasteiger partial charge in [-0.25, -0.2) is 4.98 Å². The highest BCUT2D eigenvalue weighted by Gasteiger charge is 2.24. The molecule has 0 saturated carbocycles. The van der Waals surface area contributed by atoms with Gasteiger partial charge in [-0.15, -0.1) is 11.3 Å². The highest BCUT2D eigenvalue weighted by Crippen LogP contribution is 2.37. The van der Waals surface area contributed by atoms with Crippen LogP contribution in [0.2, 0.25) is 0 Å². The van der Waals surface area contributed by atoms with Gasteiger partial charge in [0.05, 0.1) is 18.5 Å². The van der Waals surface area contributed by atoms with Gasteiger partial charge >= 0.3 is 0 Å². The van der Waals surface area contributed by atoms with Crippen molar-refractivity contribution in [3.05, 3.63) is 84.2 Å². The molecule has 0 spiro atoms. The number of hydrogen-bond donors (Lipinski definition) is 1. The highest BCUT2D eigenvalue weighted by molar-refractivity contribution is 7.14. The first kappa shape index (κ1) is 23.2. The van der Waals surface area contributed by atoms with Crippen LogP contribution in [-0.4, -0.2) is 30.5 Å². The Labute approximate surface area is 202 Å². The molecule has 34 heavy (non-hydrogen) atoms. The Morgan fingerprint density at radius 3 is 2.26 bits per heavy atom. The molecule has 0 aliphatic rings. The van der Waals surface area contributed by atoms with Crippen LogP contribution >= 0.6 is 11.3 Å². The number of aromatic nitrogens is 1. The molecule has 7 heteroatoms. The zero-order chi connectivity index (χ0) is 23.9. The Balaban J connectivity index is 1.63. The maximum atomic E-state index is 13.2. The van der Waals surface area contributed by atoms with E-state index in [4.69, 9.17) is 9.72 Å². The number of rotatable bonds is 8. The van der Waals surface area contributed by atoms with E-state index in [0.717, 1.165) is 22.4 Å². The Morgan fingerprint density at radius 2 is 1.56 bits per heavy atom. The van der Waals surface area contributed by atoms with Crippen LogP contribution in [0.25, 0.3) is 22.4 Å². The molecule has 0 fully saturated rings. The second kappa shape index (κ2) is 10.8. The summed E-state index contributed by atoms with van der Waals surface area (Å²) in [6, 6.07) is 25.7. The maximum absolute atomic E-state index is 13.2. The second-order valence-electron chi connectivity index (χ2n) is 7.59. The van der Waals surface area contributed by atoms with Crippen LogP contribution in [0.4, 0.5) is 10.8 Å². The van der Waals surface area contributed by atoms with E-state index in [-0.39, 0.29) is 24.8 Å². The molecular weight excluding hydrogens is 446 g/mol. The fraction of sp³-hybridized carbons (Fsp3) is 0.148. The Hall–Kier alpha value is -3.97. The second-order valence-corrected chi connectivity index (χ2v) is 8.43. The maximum Gasteiger partial charge on any atom is 0.235 e. The van der Waals surface area contributed by atoms with Gasteiger partial charge in [0, 0.05) is 30.8 Å². The van der Waals surface area contributed by atoms with Gasteiger partial charge < -0.3 is 10.1 Å². The standard InChI is InChI=1S/C27H25N3O3S/c1-19(31)28-17-16-26(32)30(24-10-6-7-11-25(24)33-2)27-29-23(18-34-27)22-14-12-21(13-15-22)20-8-4-3-5-9-20/h3-15,18H,16-17H2,1-2H3,(H,28,31). The van der Waals surface area contributed by atoms with E-state index >= 15 is 0 Å². The van der Waals surface area contributed by atoms with Crippen molar-refractivity contribution < 1.29 is 14.3 Å². The first-order chi connectivity index (χ1) is 16.6. The number of ether oxygens (including phenoxy) is 1. The summed E-state index contributed by atoms with van der Waals surface area (Å²) in [7, 11) is 1.57. The topological polar surface area (TPSA) is 71.5 Å². The van der Waals surface area contributed by atoms with E-state index in [0.29, 0.717) is 16.6 Å². The van der Waals surface area contributed by atoms with Crippen LogP contribution in [0.15, 0.2) is 84.2 Å². The minimum Gasteiger partial charge on any atom is -0.495 e. The normalized spacial score (nSPS) is 10.5. The van der Waals surface area contributed by atoms with Gasteiger partial charge in [-0.05, 0) is 23.3 Å². The first-order valence-corrected chi connectivity index (χ1v) is 11.8. The molecule has 4 aromatic rings. The molecule has 0 bridgehead atoms. The summed E-state index contributed by atoms with van der Waals surface area (Å²) in [4.78, 5) is 30.8. The molecule has 4 rings (SSSR count). The van der Waals surface area contributed by atoms with Gasteiger partial charge in [0.2, 0.25) is 11.8 Å². The van der Waals surface area contributed by atoms with E-state index < -0.39 is 0 Å². The van der Waals surface area contributed by atoms with Crippen molar-refractivity contribution in [3.8, 4) is 28.1 Å². The molecule has 1 aromatic heterocycles. The smallest absolute Gasteiger partial charge is 0.235 e. The van der Waals surface area contributed by atoms with Gasteiger partial charge in [0.1, 0.15) is 5.75 Å². The number of benzene rings is 3. The van der Waals surface area contributed by atoms with Crippen LogP contribution in [-0.2, 0) is 9.59 Å². The third-order valence-electron chi connectivity index (χ3n) is 5.26. The fourth-order valence-electron chi connectivity index (χ4n) is 3.58. The Kier molecular flexibility index (Phi) is 7.34. The molecular formula is C27H25N3O3S. The lowest BCUT2D eigenvalue weighted by Gasteiger charge is -2.22. The quantitative estimate of drug-likeness (QED) is 0.359. The molecule has 172 valence electrons. The zero-order valence-electron chi connectivity index (χ0n) is 19.0. The molecule has 0 atom stereocenters. The Bertz CT molecular complexity index is 1270. The summed E-state index contributed by atoms with van der Waals surface area (Å²) in [5.41, 5.74) is 4.64. The SMILES string of the molecule is COc1ccccc1N(C(=O)CCNC(C)=O)c1nc(-c2ccc(-c3ccccc3)cc2)cs1. The van der Waals surface area contributed by atoms with E-state index in [1.54, 1.807) is 18.1 Å². The van der Waals surface area contributed by atoms with Crippen molar-refractivity contribution >= 4 is 34.0 Å². The van der Waals surface area contributed by atoms with Gasteiger partial charge in [-0.1, -0.05) is 66.7 Å². The number of amides is 2. The van der Waals surface area contributed by atoms with Crippen molar-refractivity contribution in [2.45, 2.75) is 13.3 Å². The van der Waals surface area contributed by atoms with Crippen LogP contribution in [0.1, 0.15) is 13.3 Å². The lowest BCUT2D eigenvalue weighted by molar-refractivity contribution is -0.119. The average molecular weight is 472 g/mol. The molecule has 6 nitrogen and oxygen atoms in total. The lowest BCUT2D eigenvalue weighted by atomic mass is 10.0. The number of para-hydroxylation sites is 2. The summed E-state index contributed by atoms with van der Waals surface area (Å²) in [6.45, 7) is 1.68. The number of nitrogens with one attached hydrogen (secondary N) is 1. The molecule has 0 aliphatic heterocycles. The summed E-state index contributed by atoms with van der Waals surface area (Å²) in [6.07, 6.45) is 0.137.